The second-order valence-corrected chi connectivity index (χ2v) is 5.15. The highest BCUT2D eigenvalue weighted by Crippen LogP contribution is 2.14. The lowest BCUT2D eigenvalue weighted by atomic mass is 10.2. The van der Waals surface area contributed by atoms with Crippen molar-refractivity contribution in [2.45, 2.75) is 25.9 Å². The van der Waals surface area contributed by atoms with E-state index in [1.165, 1.54) is 12.8 Å². The fourth-order valence-corrected chi connectivity index (χ4v) is 2.58. The number of piperazine rings is 1. The fourth-order valence-electron chi connectivity index (χ4n) is 2.58. The smallest absolute Gasteiger partial charge is 0.246 e. The van der Waals surface area contributed by atoms with Gasteiger partial charge in [-0.1, -0.05) is 18.2 Å². The van der Waals surface area contributed by atoms with Crippen LogP contribution in [-0.4, -0.2) is 61.1 Å². The van der Waals surface area contributed by atoms with Gasteiger partial charge in [-0.3, -0.25) is 9.69 Å². The van der Waals surface area contributed by atoms with E-state index >= 15 is 0 Å². The van der Waals surface area contributed by atoms with Gasteiger partial charge in [0.15, 0.2) is 0 Å². The van der Waals surface area contributed by atoms with Gasteiger partial charge in [-0.15, -0.1) is 0 Å². The van der Waals surface area contributed by atoms with Crippen LogP contribution in [0.15, 0.2) is 24.3 Å². The highest BCUT2D eigenvalue weighted by atomic mass is 16.5. The van der Waals surface area contributed by atoms with Crippen molar-refractivity contribution in [3.8, 4) is 0 Å². The normalized spacial score (nSPS) is 25.7. The zero-order valence-electron chi connectivity index (χ0n) is 11.8. The van der Waals surface area contributed by atoms with E-state index in [4.69, 9.17) is 4.74 Å². The third kappa shape index (κ3) is 4.48. The Morgan fingerprint density at radius 1 is 1.26 bits per heavy atom. The molecule has 0 aromatic heterocycles. The first-order valence-corrected chi connectivity index (χ1v) is 7.22. The van der Waals surface area contributed by atoms with Crippen molar-refractivity contribution in [2.24, 2.45) is 0 Å². The topological polar surface area (TPSA) is 32.8 Å². The quantitative estimate of drug-likeness (QED) is 0.569. The van der Waals surface area contributed by atoms with Crippen molar-refractivity contribution >= 4 is 5.91 Å². The molecule has 0 aromatic rings. The third-order valence-corrected chi connectivity index (χ3v) is 3.71. The lowest BCUT2D eigenvalue weighted by Gasteiger charge is -2.35. The maximum absolute atomic E-state index is 11.9. The molecule has 2 aliphatic rings. The summed E-state index contributed by atoms with van der Waals surface area (Å²) < 4.78 is 5.65. The largest absolute Gasteiger partial charge is 0.377 e. The number of hydrogen-bond acceptors (Lipinski definition) is 3. The first-order chi connectivity index (χ1) is 9.29. The highest BCUT2D eigenvalue weighted by molar-refractivity contribution is 5.87. The Balaban J connectivity index is 1.70. The van der Waals surface area contributed by atoms with E-state index in [9.17, 15) is 4.79 Å². The van der Waals surface area contributed by atoms with Crippen molar-refractivity contribution in [3.63, 3.8) is 0 Å². The van der Waals surface area contributed by atoms with Crippen LogP contribution in [0.2, 0.25) is 0 Å². The monoisotopic (exact) mass is 264 g/mol. The van der Waals surface area contributed by atoms with E-state index in [1.807, 2.05) is 24.0 Å². The van der Waals surface area contributed by atoms with Crippen LogP contribution in [0.5, 0.6) is 0 Å². The molecule has 2 fully saturated rings. The highest BCUT2D eigenvalue weighted by Gasteiger charge is 2.23. The van der Waals surface area contributed by atoms with E-state index < -0.39 is 0 Å². The Morgan fingerprint density at radius 3 is 2.68 bits per heavy atom. The first-order valence-electron chi connectivity index (χ1n) is 7.22. The molecule has 0 N–H and O–H groups in total. The maximum atomic E-state index is 11.9. The number of hydrogen-bond donors (Lipinski definition) is 0. The Bertz CT molecular complexity index is 338. The third-order valence-electron chi connectivity index (χ3n) is 3.71. The summed E-state index contributed by atoms with van der Waals surface area (Å²) in [6, 6.07) is 0. The number of amides is 1. The van der Waals surface area contributed by atoms with Crippen LogP contribution in [0.25, 0.3) is 0 Å². The van der Waals surface area contributed by atoms with Gasteiger partial charge in [-0.05, 0) is 19.8 Å². The predicted molar refractivity (Wildman–Crippen MR) is 75.9 cm³/mol. The first kappa shape index (κ1) is 14.3. The van der Waals surface area contributed by atoms with E-state index in [0.29, 0.717) is 6.10 Å². The summed E-state index contributed by atoms with van der Waals surface area (Å²) in [6.07, 6.45) is 10.0. The lowest BCUT2D eigenvalue weighted by molar-refractivity contribution is -0.127. The minimum Gasteiger partial charge on any atom is -0.377 e. The summed E-state index contributed by atoms with van der Waals surface area (Å²) in [5.74, 6) is 0.120. The molecular formula is C15H24N2O2. The summed E-state index contributed by atoms with van der Waals surface area (Å²) in [7, 11) is 0. The van der Waals surface area contributed by atoms with E-state index in [-0.39, 0.29) is 5.91 Å². The molecule has 0 spiro atoms. The summed E-state index contributed by atoms with van der Waals surface area (Å²) >= 11 is 0. The second kappa shape index (κ2) is 7.46. The summed E-state index contributed by atoms with van der Waals surface area (Å²) in [4.78, 5) is 16.2. The number of rotatable bonds is 4. The van der Waals surface area contributed by atoms with Crippen LogP contribution in [0.3, 0.4) is 0 Å². The Hall–Kier alpha value is -1.13. The summed E-state index contributed by atoms with van der Waals surface area (Å²) in [5.41, 5.74) is 0. The molecule has 2 heterocycles. The van der Waals surface area contributed by atoms with Crippen molar-refractivity contribution in [1.29, 1.82) is 0 Å². The number of nitrogens with zero attached hydrogens (tertiary/aromatic N) is 2. The van der Waals surface area contributed by atoms with Crippen molar-refractivity contribution < 1.29 is 9.53 Å². The molecule has 2 aliphatic heterocycles. The van der Waals surface area contributed by atoms with Crippen molar-refractivity contribution in [3.05, 3.63) is 24.3 Å². The molecule has 1 amide bonds. The SMILES string of the molecule is C/C=C/C=C\C(=O)N1CCN(C[C@@H]2CCCO2)CC1. The van der Waals surface area contributed by atoms with E-state index in [0.717, 1.165) is 39.3 Å². The van der Waals surface area contributed by atoms with Crippen molar-refractivity contribution in [2.75, 3.05) is 39.3 Å². The average molecular weight is 264 g/mol. The fraction of sp³-hybridized carbons (Fsp3) is 0.667. The lowest BCUT2D eigenvalue weighted by Crippen LogP contribution is -2.50. The van der Waals surface area contributed by atoms with Gasteiger partial charge in [0.2, 0.25) is 5.91 Å². The zero-order valence-corrected chi connectivity index (χ0v) is 11.8. The Morgan fingerprint density at radius 2 is 2.05 bits per heavy atom. The number of carbonyl (C=O) groups is 1. The van der Waals surface area contributed by atoms with Crippen LogP contribution in [0.1, 0.15) is 19.8 Å². The molecule has 0 bridgehead atoms. The van der Waals surface area contributed by atoms with E-state index in [1.54, 1.807) is 12.2 Å². The molecule has 2 saturated heterocycles. The number of carbonyl (C=O) groups excluding carboxylic acids is 1. The molecule has 106 valence electrons. The van der Waals surface area contributed by atoms with Gasteiger partial charge in [0.05, 0.1) is 6.10 Å². The molecule has 0 radical (unpaired) electrons. The van der Waals surface area contributed by atoms with Gasteiger partial charge in [0.25, 0.3) is 0 Å². The number of allylic oxidation sites excluding steroid dienone is 3. The molecule has 0 unspecified atom stereocenters. The molecule has 0 aliphatic carbocycles. The molecular weight excluding hydrogens is 240 g/mol. The van der Waals surface area contributed by atoms with Crippen LogP contribution >= 0.6 is 0 Å². The molecule has 0 saturated carbocycles. The van der Waals surface area contributed by atoms with Gasteiger partial charge in [0, 0.05) is 45.4 Å². The van der Waals surface area contributed by atoms with Crippen LogP contribution in [0.4, 0.5) is 0 Å². The molecule has 4 nitrogen and oxygen atoms in total. The standard InChI is InChI=1S/C15H24N2O2/c1-2-3-4-7-15(18)17-10-8-16(9-11-17)13-14-6-5-12-19-14/h2-4,7,14H,5-6,8-13H2,1H3/b3-2+,7-4-/t14-/m0/s1. The van der Waals surface area contributed by atoms with Crippen LogP contribution < -0.4 is 0 Å². The minimum absolute atomic E-state index is 0.120. The van der Waals surface area contributed by atoms with Gasteiger partial charge in [0.1, 0.15) is 0 Å². The van der Waals surface area contributed by atoms with Crippen LogP contribution in [-0.2, 0) is 9.53 Å². The Kier molecular flexibility index (Phi) is 5.61. The second-order valence-electron chi connectivity index (χ2n) is 5.15. The maximum Gasteiger partial charge on any atom is 0.246 e. The van der Waals surface area contributed by atoms with Crippen molar-refractivity contribution in [1.82, 2.24) is 9.80 Å². The van der Waals surface area contributed by atoms with Gasteiger partial charge in [-0.2, -0.15) is 0 Å². The molecule has 1 atom stereocenters. The summed E-state index contributed by atoms with van der Waals surface area (Å²) in [6.45, 7) is 7.46. The van der Waals surface area contributed by atoms with Crippen LogP contribution in [0, 0.1) is 0 Å². The summed E-state index contributed by atoms with van der Waals surface area (Å²) in [5, 5.41) is 0. The molecule has 2 rings (SSSR count). The molecule has 0 aromatic carbocycles. The predicted octanol–water partition coefficient (Wildman–Crippen LogP) is 1.44. The minimum atomic E-state index is 0.120. The average Bonchev–Trinajstić information content (AvgIpc) is 2.93. The van der Waals surface area contributed by atoms with E-state index in [2.05, 4.69) is 4.90 Å². The van der Waals surface area contributed by atoms with Gasteiger partial charge < -0.3 is 9.64 Å². The Labute approximate surface area is 115 Å². The zero-order chi connectivity index (χ0) is 13.5. The van der Waals surface area contributed by atoms with Gasteiger partial charge in [-0.25, -0.2) is 0 Å². The molecule has 4 heteroatoms. The molecule has 19 heavy (non-hydrogen) atoms. The number of ether oxygens (including phenoxy) is 1. The van der Waals surface area contributed by atoms with Gasteiger partial charge >= 0.3 is 0 Å².